The molecule has 4 rings (SSSR count). The molecule has 1 amide bonds. The molecule has 1 aliphatic rings. The van der Waals surface area contributed by atoms with Gasteiger partial charge in [0.1, 0.15) is 12.2 Å². The third-order valence-electron chi connectivity index (χ3n) is 4.96. The lowest BCUT2D eigenvalue weighted by Gasteiger charge is -2.23. The van der Waals surface area contributed by atoms with E-state index in [-0.39, 0.29) is 18.9 Å². The quantitative estimate of drug-likeness (QED) is 0.519. The number of aryl methyl sites for hydroxylation is 2. The van der Waals surface area contributed by atoms with E-state index in [1.165, 1.54) is 17.8 Å². The lowest BCUT2D eigenvalue weighted by atomic mass is 10.0. The summed E-state index contributed by atoms with van der Waals surface area (Å²) in [6, 6.07) is 12.6. The first-order chi connectivity index (χ1) is 13.9. The van der Waals surface area contributed by atoms with Gasteiger partial charge >= 0.3 is 11.6 Å². The van der Waals surface area contributed by atoms with Crippen LogP contribution in [0.3, 0.4) is 0 Å². The standard InChI is InChI=1S/C22H19NO5S/c1-12-7-8-15-14(9-20(25)28-21(15)13(12)2)11-27-19(24)10-18-22(26)23-16-5-3-4-6-17(16)29-18/h3-9,18H,10-11H2,1-2H3,(H,23,26)/t18-/m1/s1. The number of thioether (sulfide) groups is 1. The van der Waals surface area contributed by atoms with Crippen LogP contribution in [0.15, 0.2) is 56.6 Å². The Morgan fingerprint density at radius 3 is 2.79 bits per heavy atom. The summed E-state index contributed by atoms with van der Waals surface area (Å²) in [5.41, 5.74) is 3.23. The van der Waals surface area contributed by atoms with E-state index in [4.69, 9.17) is 9.15 Å². The zero-order chi connectivity index (χ0) is 20.5. The second-order valence-corrected chi connectivity index (χ2v) is 8.18. The van der Waals surface area contributed by atoms with Crippen molar-refractivity contribution in [2.24, 2.45) is 0 Å². The fourth-order valence-corrected chi connectivity index (χ4v) is 4.33. The number of esters is 1. The number of anilines is 1. The number of nitrogens with one attached hydrogen (secondary N) is 1. The van der Waals surface area contributed by atoms with Crippen LogP contribution >= 0.6 is 11.8 Å². The molecule has 6 nitrogen and oxygen atoms in total. The number of hydrogen-bond acceptors (Lipinski definition) is 6. The third kappa shape index (κ3) is 3.91. The number of carbonyl (C=O) groups excluding carboxylic acids is 2. The number of hydrogen-bond donors (Lipinski definition) is 1. The molecule has 0 fully saturated rings. The molecule has 29 heavy (non-hydrogen) atoms. The molecule has 0 saturated carbocycles. The molecule has 0 bridgehead atoms. The van der Waals surface area contributed by atoms with Gasteiger partial charge in [0, 0.05) is 21.9 Å². The summed E-state index contributed by atoms with van der Waals surface area (Å²) < 4.78 is 10.7. The van der Waals surface area contributed by atoms with E-state index in [0.29, 0.717) is 11.1 Å². The highest BCUT2D eigenvalue weighted by Crippen LogP contribution is 2.36. The summed E-state index contributed by atoms with van der Waals surface area (Å²) in [6.07, 6.45) is -0.0532. The van der Waals surface area contributed by atoms with Crippen molar-refractivity contribution in [2.45, 2.75) is 37.0 Å². The summed E-state index contributed by atoms with van der Waals surface area (Å²) in [7, 11) is 0. The Labute approximate surface area is 171 Å². The van der Waals surface area contributed by atoms with Crippen molar-refractivity contribution in [3.05, 3.63) is 69.6 Å². The van der Waals surface area contributed by atoms with Crippen molar-refractivity contribution in [3.8, 4) is 0 Å². The second-order valence-electron chi connectivity index (χ2n) is 6.93. The van der Waals surface area contributed by atoms with Gasteiger partial charge in [-0.15, -0.1) is 11.8 Å². The van der Waals surface area contributed by atoms with Gasteiger partial charge in [-0.2, -0.15) is 0 Å². The van der Waals surface area contributed by atoms with Crippen LogP contribution < -0.4 is 10.9 Å². The Hall–Kier alpha value is -3.06. The van der Waals surface area contributed by atoms with Crippen molar-refractivity contribution in [1.29, 1.82) is 0 Å². The minimum Gasteiger partial charge on any atom is -0.461 e. The average Bonchev–Trinajstić information content (AvgIpc) is 2.70. The van der Waals surface area contributed by atoms with E-state index in [2.05, 4.69) is 5.32 Å². The topological polar surface area (TPSA) is 85.6 Å². The zero-order valence-corrected chi connectivity index (χ0v) is 16.8. The maximum Gasteiger partial charge on any atom is 0.336 e. The first kappa shape index (κ1) is 19.3. The monoisotopic (exact) mass is 409 g/mol. The van der Waals surface area contributed by atoms with E-state index in [1.807, 2.05) is 50.2 Å². The second kappa shape index (κ2) is 7.75. The van der Waals surface area contributed by atoms with Crippen molar-refractivity contribution in [2.75, 3.05) is 5.32 Å². The Kier molecular flexibility index (Phi) is 5.15. The smallest absolute Gasteiger partial charge is 0.336 e. The van der Waals surface area contributed by atoms with Gasteiger partial charge in [-0.25, -0.2) is 4.79 Å². The predicted octanol–water partition coefficient (Wildman–Crippen LogP) is 3.96. The number of amides is 1. The molecule has 2 aromatic carbocycles. The van der Waals surface area contributed by atoms with Crippen LogP contribution in [-0.4, -0.2) is 17.1 Å². The molecule has 2 heterocycles. The first-order valence-corrected chi connectivity index (χ1v) is 10.1. The maximum absolute atomic E-state index is 12.4. The van der Waals surface area contributed by atoms with Crippen LogP contribution in [-0.2, 0) is 20.9 Å². The Morgan fingerprint density at radius 2 is 1.97 bits per heavy atom. The van der Waals surface area contributed by atoms with Gasteiger partial charge in [0.2, 0.25) is 5.91 Å². The largest absolute Gasteiger partial charge is 0.461 e. The van der Waals surface area contributed by atoms with E-state index < -0.39 is 16.8 Å². The number of ether oxygens (including phenoxy) is 1. The molecule has 3 aromatic rings. The lowest BCUT2D eigenvalue weighted by Crippen LogP contribution is -2.31. The Morgan fingerprint density at radius 1 is 1.17 bits per heavy atom. The van der Waals surface area contributed by atoms with Gasteiger partial charge in [-0.3, -0.25) is 9.59 Å². The van der Waals surface area contributed by atoms with Gasteiger partial charge < -0.3 is 14.5 Å². The van der Waals surface area contributed by atoms with Crippen LogP contribution in [0.1, 0.15) is 23.1 Å². The highest BCUT2D eigenvalue weighted by Gasteiger charge is 2.29. The zero-order valence-electron chi connectivity index (χ0n) is 16.0. The molecule has 1 N–H and O–H groups in total. The predicted molar refractivity (Wildman–Crippen MR) is 111 cm³/mol. The maximum atomic E-state index is 12.4. The molecule has 1 aliphatic heterocycles. The van der Waals surface area contributed by atoms with Crippen molar-refractivity contribution >= 4 is 40.3 Å². The van der Waals surface area contributed by atoms with Gasteiger partial charge in [0.15, 0.2) is 0 Å². The van der Waals surface area contributed by atoms with Gasteiger partial charge in [0.05, 0.1) is 17.4 Å². The van der Waals surface area contributed by atoms with Crippen molar-refractivity contribution < 1.29 is 18.7 Å². The number of carbonyl (C=O) groups is 2. The summed E-state index contributed by atoms with van der Waals surface area (Å²) in [5, 5.41) is 2.99. The molecular formula is C22H19NO5S. The molecule has 0 saturated heterocycles. The van der Waals surface area contributed by atoms with Gasteiger partial charge in [-0.05, 0) is 37.1 Å². The summed E-state index contributed by atoms with van der Waals surface area (Å²) in [6.45, 7) is 3.76. The number of rotatable bonds is 4. The van der Waals surface area contributed by atoms with E-state index in [1.54, 1.807) is 0 Å². The minimum absolute atomic E-state index is 0.0532. The summed E-state index contributed by atoms with van der Waals surface area (Å²) in [4.78, 5) is 37.5. The molecule has 148 valence electrons. The van der Waals surface area contributed by atoms with E-state index in [0.717, 1.165) is 27.1 Å². The molecular weight excluding hydrogens is 390 g/mol. The highest BCUT2D eigenvalue weighted by atomic mass is 32.2. The fourth-order valence-electron chi connectivity index (χ4n) is 3.24. The molecule has 1 atom stereocenters. The summed E-state index contributed by atoms with van der Waals surface area (Å²) in [5.74, 6) is -0.718. The highest BCUT2D eigenvalue weighted by molar-refractivity contribution is 8.01. The van der Waals surface area contributed by atoms with Crippen LogP contribution in [0.5, 0.6) is 0 Å². The Bertz CT molecular complexity index is 1180. The van der Waals surface area contributed by atoms with Crippen molar-refractivity contribution in [1.82, 2.24) is 0 Å². The molecule has 0 aliphatic carbocycles. The first-order valence-electron chi connectivity index (χ1n) is 9.17. The van der Waals surface area contributed by atoms with Crippen LogP contribution in [0.4, 0.5) is 5.69 Å². The van der Waals surface area contributed by atoms with Gasteiger partial charge in [0.25, 0.3) is 0 Å². The lowest BCUT2D eigenvalue weighted by molar-refractivity contribution is -0.145. The molecule has 0 radical (unpaired) electrons. The summed E-state index contributed by atoms with van der Waals surface area (Å²) >= 11 is 1.35. The van der Waals surface area contributed by atoms with Crippen molar-refractivity contribution in [3.63, 3.8) is 0 Å². The number of fused-ring (bicyclic) bond motifs is 2. The average molecular weight is 409 g/mol. The number of benzene rings is 2. The molecule has 0 spiro atoms. The van der Waals surface area contributed by atoms with Gasteiger partial charge in [-0.1, -0.05) is 24.3 Å². The van der Waals surface area contributed by atoms with E-state index in [9.17, 15) is 14.4 Å². The molecule has 1 aromatic heterocycles. The molecule has 0 unspecified atom stereocenters. The number of para-hydroxylation sites is 1. The normalized spacial score (nSPS) is 15.7. The SMILES string of the molecule is Cc1ccc2c(COC(=O)C[C@H]3Sc4ccccc4NC3=O)cc(=O)oc2c1C. The minimum atomic E-state index is -0.556. The molecule has 7 heteroatoms. The third-order valence-corrected chi connectivity index (χ3v) is 6.24. The van der Waals surface area contributed by atoms with Crippen LogP contribution in [0, 0.1) is 13.8 Å². The fraction of sp³-hybridized carbons (Fsp3) is 0.227. The van der Waals surface area contributed by atoms with Crippen LogP contribution in [0.25, 0.3) is 11.0 Å². The van der Waals surface area contributed by atoms with E-state index >= 15 is 0 Å². The van der Waals surface area contributed by atoms with Crippen LogP contribution in [0.2, 0.25) is 0 Å². The Balaban J connectivity index is 1.47.